The summed E-state index contributed by atoms with van der Waals surface area (Å²) in [5.41, 5.74) is 6.36. The van der Waals surface area contributed by atoms with Gasteiger partial charge in [0.15, 0.2) is 0 Å². The molecule has 0 saturated heterocycles. The van der Waals surface area contributed by atoms with Crippen LogP contribution >= 0.6 is 0 Å². The molecule has 3 atom stereocenters. The molecule has 4 fully saturated rings. The van der Waals surface area contributed by atoms with E-state index in [1.807, 2.05) is 13.2 Å². The van der Waals surface area contributed by atoms with Crippen LogP contribution in [0.4, 0.5) is 0 Å². The summed E-state index contributed by atoms with van der Waals surface area (Å²) in [7, 11) is 2.03. The minimum Gasteiger partial charge on any atom is -0.334 e. The minimum atomic E-state index is -0.0141. The van der Waals surface area contributed by atoms with Crippen molar-refractivity contribution in [2.45, 2.75) is 56.0 Å². The molecule has 3 unspecified atom stereocenters. The Morgan fingerprint density at radius 3 is 2.31 bits per heavy atom. The molecule has 162 valence electrons. The molecule has 1 amide bonds. The van der Waals surface area contributed by atoms with E-state index in [0.717, 1.165) is 19.3 Å². The van der Waals surface area contributed by atoms with Crippen molar-refractivity contribution in [1.82, 2.24) is 14.7 Å². The zero-order valence-electron chi connectivity index (χ0n) is 18.6. The van der Waals surface area contributed by atoms with Crippen molar-refractivity contribution < 1.29 is 4.79 Å². The van der Waals surface area contributed by atoms with Crippen LogP contribution in [0, 0.1) is 11.8 Å². The Morgan fingerprint density at radius 2 is 1.69 bits per heavy atom. The second-order valence-corrected chi connectivity index (χ2v) is 10.4. The number of aromatic nitrogens is 2. The molecule has 4 heteroatoms. The van der Waals surface area contributed by atoms with Crippen LogP contribution in [-0.4, -0.2) is 27.6 Å². The van der Waals surface area contributed by atoms with Gasteiger partial charge >= 0.3 is 0 Å². The Labute approximate surface area is 189 Å². The van der Waals surface area contributed by atoms with Crippen molar-refractivity contribution in [2.75, 3.05) is 7.05 Å². The fourth-order valence-electron chi connectivity index (χ4n) is 7.33. The highest BCUT2D eigenvalue weighted by Gasteiger charge is 2.65. The quantitative estimate of drug-likeness (QED) is 0.555. The number of benzene rings is 2. The molecule has 0 N–H and O–H groups in total. The number of carbonyl (C=O) groups excluding carboxylic acids is 1. The second-order valence-electron chi connectivity index (χ2n) is 10.4. The van der Waals surface area contributed by atoms with Crippen molar-refractivity contribution in [3.05, 3.63) is 77.6 Å². The zero-order valence-corrected chi connectivity index (χ0v) is 18.6. The lowest BCUT2D eigenvalue weighted by Gasteiger charge is -2.49. The summed E-state index contributed by atoms with van der Waals surface area (Å²) in [5, 5.41) is 4.72. The lowest BCUT2D eigenvalue weighted by molar-refractivity contribution is -0.144. The van der Waals surface area contributed by atoms with Gasteiger partial charge < -0.3 is 4.90 Å². The number of hydrogen-bond donors (Lipinski definition) is 0. The summed E-state index contributed by atoms with van der Waals surface area (Å²) in [6, 6.07) is 19.9. The Kier molecular flexibility index (Phi) is 3.83. The zero-order chi connectivity index (χ0) is 21.4. The van der Waals surface area contributed by atoms with Crippen molar-refractivity contribution >= 4 is 5.91 Å². The molecule has 2 aromatic carbocycles. The maximum absolute atomic E-state index is 14.2. The fourth-order valence-corrected chi connectivity index (χ4v) is 7.33. The van der Waals surface area contributed by atoms with Crippen molar-refractivity contribution in [2.24, 2.45) is 11.8 Å². The van der Waals surface area contributed by atoms with E-state index < -0.39 is 0 Å². The van der Waals surface area contributed by atoms with Gasteiger partial charge in [-0.1, -0.05) is 48.5 Å². The summed E-state index contributed by atoms with van der Waals surface area (Å²) < 4.78 is 2.28. The third-order valence-corrected chi connectivity index (χ3v) is 9.06. The normalized spacial score (nSPS) is 28.0. The van der Waals surface area contributed by atoms with E-state index >= 15 is 0 Å². The monoisotopic (exact) mass is 423 g/mol. The molecular formula is C28H29N3O. The lowest BCUT2D eigenvalue weighted by Crippen LogP contribution is -2.54. The highest BCUT2D eigenvalue weighted by molar-refractivity contribution is 5.86. The molecule has 4 nitrogen and oxygen atoms in total. The van der Waals surface area contributed by atoms with Crippen LogP contribution in [0.5, 0.6) is 0 Å². The van der Waals surface area contributed by atoms with E-state index in [1.54, 1.807) is 0 Å². The van der Waals surface area contributed by atoms with Crippen LogP contribution < -0.4 is 0 Å². The molecule has 3 aromatic rings. The Balaban J connectivity index is 1.26. The van der Waals surface area contributed by atoms with E-state index in [4.69, 9.17) is 5.10 Å². The van der Waals surface area contributed by atoms with Crippen LogP contribution in [0.2, 0.25) is 0 Å². The molecule has 1 aromatic heterocycles. The lowest BCUT2D eigenvalue weighted by atomic mass is 9.57. The van der Waals surface area contributed by atoms with Gasteiger partial charge in [0, 0.05) is 24.4 Å². The molecule has 4 saturated carbocycles. The van der Waals surface area contributed by atoms with Crippen LogP contribution in [0.25, 0.3) is 11.1 Å². The number of carbonyl (C=O) groups is 1. The number of hydrogen-bond acceptors (Lipinski definition) is 2. The molecule has 5 aliphatic carbocycles. The first kappa shape index (κ1) is 18.7. The summed E-state index contributed by atoms with van der Waals surface area (Å²) >= 11 is 0. The number of rotatable bonds is 4. The van der Waals surface area contributed by atoms with E-state index in [-0.39, 0.29) is 17.4 Å². The molecular weight excluding hydrogens is 394 g/mol. The minimum absolute atomic E-state index is 0.00323. The first-order valence-electron chi connectivity index (χ1n) is 12.2. The van der Waals surface area contributed by atoms with Crippen molar-refractivity contribution in [3.8, 4) is 11.1 Å². The first-order valence-corrected chi connectivity index (χ1v) is 12.2. The molecule has 1 heterocycles. The number of nitrogens with zero attached hydrogens (tertiary/aromatic N) is 3. The van der Waals surface area contributed by atoms with Gasteiger partial charge in [-0.05, 0) is 72.8 Å². The second kappa shape index (κ2) is 6.57. The largest absolute Gasteiger partial charge is 0.334 e. The van der Waals surface area contributed by atoms with E-state index in [9.17, 15) is 4.79 Å². The summed E-state index contributed by atoms with van der Waals surface area (Å²) in [5.74, 6) is 0.918. The Bertz CT molecular complexity index is 1180. The predicted octanol–water partition coefficient (Wildman–Crippen LogP) is 5.50. The van der Waals surface area contributed by atoms with Gasteiger partial charge in [0.05, 0.1) is 18.0 Å². The van der Waals surface area contributed by atoms with Crippen LogP contribution in [0.3, 0.4) is 0 Å². The third kappa shape index (κ3) is 2.28. The number of fused-ring (bicyclic) bond motifs is 4. The van der Waals surface area contributed by atoms with Gasteiger partial charge in [-0.2, -0.15) is 5.10 Å². The molecule has 5 aliphatic rings. The molecule has 0 aliphatic heterocycles. The highest BCUT2D eigenvalue weighted by atomic mass is 16.2. The van der Waals surface area contributed by atoms with Crippen molar-refractivity contribution in [3.63, 3.8) is 0 Å². The topological polar surface area (TPSA) is 38.1 Å². The van der Waals surface area contributed by atoms with Gasteiger partial charge in [-0.3, -0.25) is 9.48 Å². The third-order valence-electron chi connectivity index (χ3n) is 9.06. The maximum atomic E-state index is 14.2. The molecule has 0 spiro atoms. The Morgan fingerprint density at radius 1 is 1.00 bits per heavy atom. The molecule has 8 rings (SSSR count). The smallest absolute Gasteiger partial charge is 0.227 e. The number of amides is 1. The van der Waals surface area contributed by atoms with Gasteiger partial charge in [-0.15, -0.1) is 0 Å². The average Bonchev–Trinajstić information content (AvgIpc) is 3.53. The summed E-state index contributed by atoms with van der Waals surface area (Å²) in [6.45, 7) is 0. The SMILES string of the molecule is CN(C(=O)C1C2CCC1(c1ccnn1C1CCC1)C2)C1c2ccccc2-c2ccccc21. The Hall–Kier alpha value is -2.88. The van der Waals surface area contributed by atoms with Gasteiger partial charge in [0.2, 0.25) is 5.91 Å². The van der Waals surface area contributed by atoms with Crippen molar-refractivity contribution in [1.29, 1.82) is 0 Å². The van der Waals surface area contributed by atoms with E-state index in [0.29, 0.717) is 17.9 Å². The van der Waals surface area contributed by atoms with Crippen LogP contribution in [0.1, 0.15) is 67.4 Å². The standard InChI is InChI=1S/C28H29N3O/c1-30(26-22-11-4-2-9-20(22)21-10-3-5-12-23(21)26)27(32)25-18-13-15-28(25,17-18)24-14-16-29-31(24)19-7-6-8-19/h2-5,9-12,14,16,18-19,25-26H,6-8,13,15,17H2,1H3. The van der Waals surface area contributed by atoms with Crippen LogP contribution in [0.15, 0.2) is 60.8 Å². The van der Waals surface area contributed by atoms with Gasteiger partial charge in [0.25, 0.3) is 0 Å². The van der Waals surface area contributed by atoms with Crippen LogP contribution in [-0.2, 0) is 10.2 Å². The van der Waals surface area contributed by atoms with E-state index in [2.05, 4.69) is 64.2 Å². The van der Waals surface area contributed by atoms with Gasteiger partial charge in [-0.25, -0.2) is 0 Å². The summed E-state index contributed by atoms with van der Waals surface area (Å²) in [6.07, 6.45) is 9.14. The van der Waals surface area contributed by atoms with E-state index in [1.165, 1.54) is 47.2 Å². The average molecular weight is 424 g/mol. The molecule has 0 radical (unpaired) electrons. The predicted molar refractivity (Wildman–Crippen MR) is 124 cm³/mol. The first-order chi connectivity index (χ1) is 15.7. The maximum Gasteiger partial charge on any atom is 0.227 e. The molecule has 2 bridgehead atoms. The summed E-state index contributed by atoms with van der Waals surface area (Å²) in [4.78, 5) is 16.2. The fraction of sp³-hybridized carbons (Fsp3) is 0.429. The molecule has 32 heavy (non-hydrogen) atoms. The van der Waals surface area contributed by atoms with Gasteiger partial charge in [0.1, 0.15) is 0 Å². The highest BCUT2D eigenvalue weighted by Crippen LogP contribution is 2.65.